The van der Waals surface area contributed by atoms with Crippen LogP contribution >= 0.6 is 0 Å². The van der Waals surface area contributed by atoms with E-state index in [-0.39, 0.29) is 0 Å². The summed E-state index contributed by atoms with van der Waals surface area (Å²) in [4.78, 5) is 11.0. The number of benzene rings is 2. The predicted octanol–water partition coefficient (Wildman–Crippen LogP) is 3.19. The number of carbonyl (C=O) groups is 1. The van der Waals surface area contributed by atoms with Crippen LogP contribution < -0.4 is 11.1 Å². The Balaban J connectivity index is 2.04. The van der Waals surface area contributed by atoms with Gasteiger partial charge in [0.2, 0.25) is 0 Å². The molecule has 21 heavy (non-hydrogen) atoms. The molecule has 0 aliphatic rings. The van der Waals surface area contributed by atoms with E-state index in [1.54, 1.807) is 6.07 Å². The Hall–Kier alpha value is -2.81. The van der Waals surface area contributed by atoms with Crippen LogP contribution in [-0.4, -0.2) is 6.29 Å². The molecule has 2 rings (SSSR count). The first-order valence-electron chi connectivity index (χ1n) is 6.63. The van der Waals surface area contributed by atoms with E-state index in [4.69, 9.17) is 5.73 Å². The number of rotatable bonds is 6. The average Bonchev–Trinajstić information content (AvgIpc) is 2.52. The highest BCUT2D eigenvalue weighted by Gasteiger charge is 2.04. The first-order valence-corrected chi connectivity index (χ1v) is 6.63. The third-order valence-electron chi connectivity index (χ3n) is 3.24. The van der Waals surface area contributed by atoms with Gasteiger partial charge in [0, 0.05) is 29.1 Å². The third kappa shape index (κ3) is 3.60. The Morgan fingerprint density at radius 2 is 1.76 bits per heavy atom. The molecule has 0 radical (unpaired) electrons. The van der Waals surface area contributed by atoms with E-state index in [1.807, 2.05) is 42.5 Å². The fourth-order valence-electron chi connectivity index (χ4n) is 2.02. The van der Waals surface area contributed by atoms with Crippen LogP contribution in [0.15, 0.2) is 61.7 Å². The molecule has 3 nitrogen and oxygen atoms in total. The van der Waals surface area contributed by atoms with Crippen LogP contribution in [0.25, 0.3) is 11.4 Å². The van der Waals surface area contributed by atoms with Crippen molar-refractivity contribution in [2.24, 2.45) is 5.73 Å². The lowest BCUT2D eigenvalue weighted by Crippen LogP contribution is -2.12. The molecule has 0 aliphatic carbocycles. The maximum atomic E-state index is 11.0. The zero-order valence-electron chi connectivity index (χ0n) is 11.8. The van der Waals surface area contributed by atoms with Crippen LogP contribution in [0.5, 0.6) is 0 Å². The maximum absolute atomic E-state index is 11.0. The fourth-order valence-corrected chi connectivity index (χ4v) is 2.02. The maximum Gasteiger partial charge on any atom is 0.150 e. The van der Waals surface area contributed by atoms with E-state index in [2.05, 4.69) is 18.5 Å². The fraction of sp³-hybridized carbons (Fsp3) is 0.0556. The summed E-state index contributed by atoms with van der Waals surface area (Å²) in [6.07, 6.45) is 0.837. The zero-order chi connectivity index (χ0) is 15.2. The van der Waals surface area contributed by atoms with Crippen LogP contribution in [0.2, 0.25) is 0 Å². The molecule has 0 unspecified atom stereocenters. The van der Waals surface area contributed by atoms with Gasteiger partial charge in [-0.3, -0.25) is 4.79 Å². The van der Waals surface area contributed by atoms with Gasteiger partial charge in [-0.25, -0.2) is 0 Å². The normalized spacial score (nSPS) is 9.90. The summed E-state index contributed by atoms with van der Waals surface area (Å²) >= 11 is 0. The molecular formula is C18H18N2O. The smallest absolute Gasteiger partial charge is 0.150 e. The van der Waals surface area contributed by atoms with Gasteiger partial charge in [0.15, 0.2) is 6.29 Å². The minimum Gasteiger partial charge on any atom is -0.399 e. The summed E-state index contributed by atoms with van der Waals surface area (Å²) in [6.45, 7) is 8.32. The van der Waals surface area contributed by atoms with Gasteiger partial charge in [-0.2, -0.15) is 0 Å². The van der Waals surface area contributed by atoms with Crippen molar-refractivity contribution in [2.45, 2.75) is 6.54 Å². The molecule has 0 bridgehead atoms. The molecule has 0 saturated heterocycles. The highest BCUT2D eigenvalue weighted by molar-refractivity contribution is 5.84. The Labute approximate surface area is 124 Å². The van der Waals surface area contributed by atoms with Gasteiger partial charge in [-0.15, -0.1) is 0 Å². The Morgan fingerprint density at radius 1 is 1.10 bits per heavy atom. The van der Waals surface area contributed by atoms with Crippen molar-refractivity contribution in [2.75, 3.05) is 0 Å². The molecule has 3 N–H and O–H groups in total. The molecule has 0 saturated carbocycles. The van der Waals surface area contributed by atoms with Crippen LogP contribution in [0.4, 0.5) is 0 Å². The van der Waals surface area contributed by atoms with Gasteiger partial charge in [0.25, 0.3) is 0 Å². The summed E-state index contributed by atoms with van der Waals surface area (Å²) in [5.41, 5.74) is 10.4. The van der Waals surface area contributed by atoms with Gasteiger partial charge in [-0.1, -0.05) is 61.7 Å². The Morgan fingerprint density at radius 3 is 2.38 bits per heavy atom. The summed E-state index contributed by atoms with van der Waals surface area (Å²) in [5.74, 6) is 0. The highest BCUT2D eigenvalue weighted by Crippen LogP contribution is 2.15. The van der Waals surface area contributed by atoms with Crippen molar-refractivity contribution in [1.82, 2.24) is 5.32 Å². The highest BCUT2D eigenvalue weighted by atomic mass is 16.1. The summed E-state index contributed by atoms with van der Waals surface area (Å²) in [6, 6.07) is 15.2. The van der Waals surface area contributed by atoms with E-state index in [0.717, 1.165) is 28.7 Å². The molecule has 0 fully saturated rings. The van der Waals surface area contributed by atoms with Crippen LogP contribution in [0.1, 0.15) is 27.0 Å². The summed E-state index contributed by atoms with van der Waals surface area (Å²) in [7, 11) is 0. The molecule has 0 aliphatic heterocycles. The van der Waals surface area contributed by atoms with Crippen LogP contribution in [0.3, 0.4) is 0 Å². The predicted molar refractivity (Wildman–Crippen MR) is 87.4 cm³/mol. The quantitative estimate of drug-likeness (QED) is 0.798. The third-order valence-corrected chi connectivity index (χ3v) is 3.24. The van der Waals surface area contributed by atoms with Gasteiger partial charge in [0.1, 0.15) is 0 Å². The monoisotopic (exact) mass is 278 g/mol. The first-order chi connectivity index (χ1) is 10.1. The van der Waals surface area contributed by atoms with Crippen LogP contribution in [-0.2, 0) is 6.54 Å². The molecule has 0 aromatic heterocycles. The second-order valence-electron chi connectivity index (χ2n) is 4.76. The summed E-state index contributed by atoms with van der Waals surface area (Å²) in [5, 5.41) is 3.23. The van der Waals surface area contributed by atoms with Crippen LogP contribution in [0, 0.1) is 0 Å². The van der Waals surface area contributed by atoms with E-state index >= 15 is 0 Å². The molecular weight excluding hydrogens is 260 g/mol. The first kappa shape index (κ1) is 14.6. The molecule has 0 atom stereocenters. The van der Waals surface area contributed by atoms with Gasteiger partial charge in [-0.05, 0) is 11.1 Å². The van der Waals surface area contributed by atoms with Crippen molar-refractivity contribution in [3.05, 3.63) is 83.9 Å². The second kappa shape index (κ2) is 6.57. The van der Waals surface area contributed by atoms with Gasteiger partial charge < -0.3 is 11.1 Å². The van der Waals surface area contributed by atoms with E-state index < -0.39 is 0 Å². The minimum atomic E-state index is 0.554. The zero-order valence-corrected chi connectivity index (χ0v) is 11.8. The topological polar surface area (TPSA) is 55.1 Å². The number of hydrogen-bond acceptors (Lipinski definition) is 3. The van der Waals surface area contributed by atoms with Crippen molar-refractivity contribution in [1.29, 1.82) is 0 Å². The van der Waals surface area contributed by atoms with E-state index in [1.165, 1.54) is 0 Å². The van der Waals surface area contributed by atoms with Crippen molar-refractivity contribution < 1.29 is 4.79 Å². The standard InChI is InChI=1S/C18H18N2O/c1-13(19)16-9-7-15(8-10-16)11-20-14(2)18-6-4-3-5-17(18)12-21/h3-10,12,20H,1-2,11,19H2. The number of aldehydes is 1. The average molecular weight is 278 g/mol. The SMILES string of the molecule is C=C(N)c1ccc(CNC(=C)c2ccccc2C=O)cc1. The van der Waals surface area contributed by atoms with E-state index in [9.17, 15) is 4.79 Å². The number of nitrogens with two attached hydrogens (primary N) is 1. The second-order valence-corrected chi connectivity index (χ2v) is 4.76. The van der Waals surface area contributed by atoms with Crippen molar-refractivity contribution in [3.8, 4) is 0 Å². The number of carbonyl (C=O) groups excluding carboxylic acids is 1. The lowest BCUT2D eigenvalue weighted by atomic mass is 10.1. The Kier molecular flexibility index (Phi) is 4.57. The van der Waals surface area contributed by atoms with Gasteiger partial charge in [0.05, 0.1) is 0 Å². The molecule has 2 aromatic rings. The minimum absolute atomic E-state index is 0.554. The van der Waals surface area contributed by atoms with Gasteiger partial charge >= 0.3 is 0 Å². The molecule has 3 heteroatoms. The lowest BCUT2D eigenvalue weighted by Gasteiger charge is -2.12. The molecule has 0 spiro atoms. The summed E-state index contributed by atoms with van der Waals surface area (Å²) < 4.78 is 0. The number of nitrogens with one attached hydrogen (secondary N) is 1. The number of hydrogen-bond donors (Lipinski definition) is 2. The molecule has 2 aromatic carbocycles. The lowest BCUT2D eigenvalue weighted by molar-refractivity contribution is 0.112. The largest absolute Gasteiger partial charge is 0.399 e. The molecule has 106 valence electrons. The molecule has 0 amide bonds. The van der Waals surface area contributed by atoms with E-state index in [0.29, 0.717) is 17.8 Å². The van der Waals surface area contributed by atoms with Crippen molar-refractivity contribution in [3.63, 3.8) is 0 Å². The molecule has 0 heterocycles. The van der Waals surface area contributed by atoms with Crippen molar-refractivity contribution >= 4 is 17.7 Å². The Bertz CT molecular complexity index is 672.